The van der Waals surface area contributed by atoms with Crippen LogP contribution < -0.4 is 0 Å². The molecule has 2 unspecified atom stereocenters. The summed E-state index contributed by atoms with van der Waals surface area (Å²) < 4.78 is 5.12. The van der Waals surface area contributed by atoms with Crippen molar-refractivity contribution in [2.75, 3.05) is 6.61 Å². The normalized spacial score (nSPS) is 15.9. The van der Waals surface area contributed by atoms with E-state index in [1.165, 1.54) is 17.3 Å². The second kappa shape index (κ2) is 6.60. The second-order valence-electron chi connectivity index (χ2n) is 5.35. The van der Waals surface area contributed by atoms with Crippen LogP contribution in [-0.2, 0) is 9.53 Å². The van der Waals surface area contributed by atoms with Crippen LogP contribution in [0, 0.1) is 5.41 Å². The number of ketones is 1. The smallest absolute Gasteiger partial charge is 0.218 e. The molecule has 1 heterocycles. The zero-order chi connectivity index (χ0) is 15.6. The zero-order valence-electron chi connectivity index (χ0n) is 11.8. The van der Waals surface area contributed by atoms with Gasteiger partial charge in [0.1, 0.15) is 24.8 Å². The quantitative estimate of drug-likeness (QED) is 0.771. The Morgan fingerprint density at radius 1 is 1.35 bits per heavy atom. The van der Waals surface area contributed by atoms with Crippen molar-refractivity contribution in [3.05, 3.63) is 12.7 Å². The lowest BCUT2D eigenvalue weighted by Gasteiger charge is -2.34. The molecule has 0 radical (unpaired) electrons. The van der Waals surface area contributed by atoms with Crippen LogP contribution in [0.25, 0.3) is 0 Å². The van der Waals surface area contributed by atoms with Gasteiger partial charge in [0.25, 0.3) is 0 Å². The van der Waals surface area contributed by atoms with E-state index in [1.807, 2.05) is 0 Å². The maximum Gasteiger partial charge on any atom is 0.218 e. The molecule has 0 spiro atoms. The van der Waals surface area contributed by atoms with Crippen molar-refractivity contribution in [3.8, 4) is 0 Å². The van der Waals surface area contributed by atoms with Crippen LogP contribution >= 0.6 is 34.8 Å². The van der Waals surface area contributed by atoms with Gasteiger partial charge < -0.3 is 4.74 Å². The summed E-state index contributed by atoms with van der Waals surface area (Å²) in [6.45, 7) is 7.45. The molecule has 0 fully saturated rings. The van der Waals surface area contributed by atoms with E-state index in [1.54, 1.807) is 27.7 Å². The molecule has 0 N–H and O–H groups in total. The molecule has 0 saturated carbocycles. The lowest BCUT2D eigenvalue weighted by molar-refractivity contribution is -0.135. The average Bonchev–Trinajstić information content (AvgIpc) is 2.79. The molecule has 0 amide bonds. The van der Waals surface area contributed by atoms with Crippen molar-refractivity contribution in [2.45, 2.75) is 43.6 Å². The Morgan fingerprint density at radius 3 is 2.30 bits per heavy atom. The molecule has 0 aromatic carbocycles. The topological polar surface area (TPSA) is 57.0 Å². The molecular formula is C12H18Cl3N3O2. The number of alkyl halides is 3. The lowest BCUT2D eigenvalue weighted by Crippen LogP contribution is -2.45. The molecule has 8 heteroatoms. The van der Waals surface area contributed by atoms with Crippen molar-refractivity contribution in [3.63, 3.8) is 0 Å². The first-order valence-corrected chi connectivity index (χ1v) is 7.29. The van der Waals surface area contributed by atoms with Gasteiger partial charge in [0, 0.05) is 12.0 Å². The number of rotatable bonds is 5. The van der Waals surface area contributed by atoms with Crippen LogP contribution in [0.15, 0.2) is 12.7 Å². The number of ether oxygens (including phenoxy) is 1. The third-order valence-electron chi connectivity index (χ3n) is 2.69. The first kappa shape index (κ1) is 17.7. The number of carbonyl (C=O) groups is 1. The first-order valence-electron chi connectivity index (χ1n) is 6.15. The third-order valence-corrected chi connectivity index (χ3v) is 3.33. The SMILES string of the molecule is CCOC(C(C(=O)C(C)(C)C)n1cncn1)C(Cl)(Cl)Cl. The van der Waals surface area contributed by atoms with E-state index in [4.69, 9.17) is 39.5 Å². The Kier molecular flexibility index (Phi) is 5.84. The Morgan fingerprint density at radius 2 is 1.95 bits per heavy atom. The van der Waals surface area contributed by atoms with E-state index in [-0.39, 0.29) is 5.78 Å². The van der Waals surface area contributed by atoms with E-state index >= 15 is 0 Å². The maximum atomic E-state index is 12.7. The summed E-state index contributed by atoms with van der Waals surface area (Å²) in [7, 11) is 0. The molecule has 1 rings (SSSR count). The Balaban J connectivity index is 3.26. The minimum absolute atomic E-state index is 0.146. The number of halogens is 3. The summed E-state index contributed by atoms with van der Waals surface area (Å²) in [6, 6.07) is -0.857. The summed E-state index contributed by atoms with van der Waals surface area (Å²) in [5.74, 6) is -0.146. The number of Topliss-reactive ketones (excluding diaryl/α,β-unsaturated/α-hetero) is 1. The molecule has 2 atom stereocenters. The molecule has 0 saturated heterocycles. The fourth-order valence-electron chi connectivity index (χ4n) is 1.75. The number of hydrogen-bond acceptors (Lipinski definition) is 4. The predicted molar refractivity (Wildman–Crippen MR) is 79.2 cm³/mol. The number of carbonyl (C=O) groups excluding carboxylic acids is 1. The fraction of sp³-hybridized carbons (Fsp3) is 0.750. The summed E-state index contributed by atoms with van der Waals surface area (Å²) in [6.07, 6.45) is 1.78. The van der Waals surface area contributed by atoms with Gasteiger partial charge in [-0.05, 0) is 6.92 Å². The van der Waals surface area contributed by atoms with Crippen molar-refractivity contribution in [1.82, 2.24) is 14.8 Å². The lowest BCUT2D eigenvalue weighted by atomic mass is 9.84. The highest BCUT2D eigenvalue weighted by molar-refractivity contribution is 6.68. The van der Waals surface area contributed by atoms with Crippen LogP contribution in [-0.4, -0.2) is 37.1 Å². The fourth-order valence-corrected chi connectivity index (χ4v) is 2.29. The van der Waals surface area contributed by atoms with Crippen molar-refractivity contribution in [2.24, 2.45) is 5.41 Å². The summed E-state index contributed by atoms with van der Waals surface area (Å²) in [4.78, 5) is 16.5. The first-order chi connectivity index (χ1) is 9.09. The maximum absolute atomic E-state index is 12.7. The monoisotopic (exact) mass is 341 g/mol. The molecule has 0 bridgehead atoms. The van der Waals surface area contributed by atoms with E-state index in [0.29, 0.717) is 6.61 Å². The van der Waals surface area contributed by atoms with Crippen LogP contribution in [0.3, 0.4) is 0 Å². The van der Waals surface area contributed by atoms with E-state index in [9.17, 15) is 4.79 Å². The van der Waals surface area contributed by atoms with Gasteiger partial charge in [0.15, 0.2) is 5.78 Å². The van der Waals surface area contributed by atoms with Crippen LogP contribution in [0.5, 0.6) is 0 Å². The van der Waals surface area contributed by atoms with Gasteiger partial charge in [0.05, 0.1) is 0 Å². The molecule has 114 valence electrons. The zero-order valence-corrected chi connectivity index (χ0v) is 14.1. The van der Waals surface area contributed by atoms with Gasteiger partial charge in [-0.15, -0.1) is 0 Å². The van der Waals surface area contributed by atoms with Crippen LogP contribution in [0.2, 0.25) is 0 Å². The molecule has 0 aliphatic rings. The van der Waals surface area contributed by atoms with E-state index in [2.05, 4.69) is 10.1 Å². The standard InChI is InChI=1S/C12H18Cl3N3O2/c1-5-20-10(12(13,14)15)8(9(19)11(2,3)4)18-7-16-6-17-18/h6-8,10H,5H2,1-4H3. The number of hydrogen-bond donors (Lipinski definition) is 0. The largest absolute Gasteiger partial charge is 0.371 e. The second-order valence-corrected chi connectivity index (χ2v) is 7.72. The third kappa shape index (κ3) is 4.32. The molecule has 20 heavy (non-hydrogen) atoms. The Labute approximate surface area is 133 Å². The Hall–Kier alpha value is -0.360. The van der Waals surface area contributed by atoms with Crippen LogP contribution in [0.4, 0.5) is 0 Å². The molecule has 5 nitrogen and oxygen atoms in total. The van der Waals surface area contributed by atoms with E-state index in [0.717, 1.165) is 0 Å². The number of nitrogens with zero attached hydrogens (tertiary/aromatic N) is 3. The molecule has 0 aliphatic carbocycles. The van der Waals surface area contributed by atoms with Crippen molar-refractivity contribution in [1.29, 1.82) is 0 Å². The average molecular weight is 343 g/mol. The summed E-state index contributed by atoms with van der Waals surface area (Å²) in [5, 5.41) is 4.00. The van der Waals surface area contributed by atoms with Gasteiger partial charge in [-0.25, -0.2) is 9.67 Å². The highest BCUT2D eigenvalue weighted by atomic mass is 35.6. The van der Waals surface area contributed by atoms with Gasteiger partial charge >= 0.3 is 0 Å². The number of aromatic nitrogens is 3. The Bertz CT molecular complexity index is 438. The molecule has 0 aliphatic heterocycles. The summed E-state index contributed by atoms with van der Waals surface area (Å²) in [5.41, 5.74) is -0.637. The van der Waals surface area contributed by atoms with Gasteiger partial charge in [0.2, 0.25) is 3.79 Å². The minimum atomic E-state index is -1.76. The van der Waals surface area contributed by atoms with Gasteiger partial charge in [-0.2, -0.15) is 5.10 Å². The predicted octanol–water partition coefficient (Wildman–Crippen LogP) is 3.21. The van der Waals surface area contributed by atoms with Crippen molar-refractivity contribution < 1.29 is 9.53 Å². The minimum Gasteiger partial charge on any atom is -0.371 e. The van der Waals surface area contributed by atoms with Gasteiger partial charge in [-0.1, -0.05) is 55.6 Å². The van der Waals surface area contributed by atoms with E-state index < -0.39 is 21.4 Å². The molecule has 1 aromatic heterocycles. The highest BCUT2D eigenvalue weighted by Gasteiger charge is 2.47. The van der Waals surface area contributed by atoms with Gasteiger partial charge in [-0.3, -0.25) is 4.79 Å². The highest BCUT2D eigenvalue weighted by Crippen LogP contribution is 2.40. The summed E-state index contributed by atoms with van der Waals surface area (Å²) >= 11 is 17.9. The molecular weight excluding hydrogens is 325 g/mol. The molecule has 1 aromatic rings. The van der Waals surface area contributed by atoms with Crippen molar-refractivity contribution >= 4 is 40.6 Å². The van der Waals surface area contributed by atoms with Crippen LogP contribution in [0.1, 0.15) is 33.7 Å².